The van der Waals surface area contributed by atoms with E-state index < -0.39 is 29.3 Å². The van der Waals surface area contributed by atoms with E-state index in [4.69, 9.17) is 4.74 Å². The van der Waals surface area contributed by atoms with Crippen molar-refractivity contribution in [2.75, 3.05) is 31.1 Å². The van der Waals surface area contributed by atoms with Gasteiger partial charge in [-0.2, -0.15) is 18.2 Å². The molecule has 3 heterocycles. The second-order valence-electron chi connectivity index (χ2n) is 9.69. The summed E-state index contributed by atoms with van der Waals surface area (Å²) in [6.07, 6.45) is 4.53. The van der Waals surface area contributed by atoms with Gasteiger partial charge >= 0.3 is 6.18 Å². The van der Waals surface area contributed by atoms with Crippen LogP contribution >= 0.6 is 0 Å². The van der Waals surface area contributed by atoms with Gasteiger partial charge in [0.2, 0.25) is 5.91 Å². The first-order valence-electron chi connectivity index (χ1n) is 12.7. The minimum atomic E-state index is -4.42. The van der Waals surface area contributed by atoms with Crippen molar-refractivity contribution in [2.45, 2.75) is 56.8 Å². The Balaban J connectivity index is 1.37. The second kappa shape index (κ2) is 11.4. The maximum absolute atomic E-state index is 13.2. The lowest BCUT2D eigenvalue weighted by Crippen LogP contribution is -2.50. The van der Waals surface area contributed by atoms with Crippen LogP contribution in [0.3, 0.4) is 0 Å². The highest BCUT2D eigenvalue weighted by atomic mass is 19.4. The van der Waals surface area contributed by atoms with Crippen LogP contribution in [0.1, 0.15) is 39.0 Å². The average Bonchev–Trinajstić information content (AvgIpc) is 3.55. The van der Waals surface area contributed by atoms with Gasteiger partial charge in [-0.25, -0.2) is 0 Å². The first-order chi connectivity index (χ1) is 18.2. The fourth-order valence-electron chi connectivity index (χ4n) is 4.95. The van der Waals surface area contributed by atoms with Gasteiger partial charge in [-0.1, -0.05) is 42.5 Å². The van der Waals surface area contributed by atoms with Gasteiger partial charge in [0.25, 0.3) is 5.91 Å². The molecular formula is C27H31F3N4O4. The van der Waals surface area contributed by atoms with Crippen LogP contribution in [0.25, 0.3) is 0 Å². The number of likely N-dealkylation sites (tertiary alicyclic amines) is 1. The average molecular weight is 533 g/mol. The lowest BCUT2D eigenvalue weighted by atomic mass is 9.87. The molecule has 0 N–H and O–H groups in total. The molecule has 0 aliphatic carbocycles. The Labute approximate surface area is 219 Å². The monoisotopic (exact) mass is 532 g/mol. The standard InChI is InChI=1S/C27H31F3N4O4/c1-2-3-8-20(27(28,29)30)9-6-7-15-32-16-12-26(38-23-11-5-4-10-21(23)32)13-17-33(18-14-26)24(35)19-22-25(36)34(22)31-37/h2-6,8-11,22H,7,12-19H2,1H3/b3-2-,9-6+,20-8+. The third kappa shape index (κ3) is 6.25. The lowest BCUT2D eigenvalue weighted by Gasteiger charge is -2.41. The van der Waals surface area contributed by atoms with Crippen LogP contribution in [0.5, 0.6) is 5.75 Å². The third-order valence-corrected chi connectivity index (χ3v) is 7.25. The number of anilines is 1. The molecule has 204 valence electrons. The summed E-state index contributed by atoms with van der Waals surface area (Å²) in [4.78, 5) is 38.5. The number of para-hydroxylation sites is 2. The number of piperidine rings is 1. The molecule has 0 radical (unpaired) electrons. The molecule has 2 saturated heterocycles. The van der Waals surface area contributed by atoms with E-state index in [1.54, 1.807) is 24.0 Å². The normalized spacial score (nSPS) is 21.6. The highest BCUT2D eigenvalue weighted by Gasteiger charge is 2.50. The van der Waals surface area contributed by atoms with Gasteiger partial charge in [0.05, 0.1) is 23.0 Å². The Morgan fingerprint density at radius 2 is 1.89 bits per heavy atom. The van der Waals surface area contributed by atoms with Crippen molar-refractivity contribution in [1.29, 1.82) is 0 Å². The number of fused-ring (bicyclic) bond motifs is 1. The number of rotatable bonds is 8. The topological polar surface area (TPSA) is 82.3 Å². The number of allylic oxidation sites excluding steroid dienone is 5. The van der Waals surface area contributed by atoms with E-state index in [-0.39, 0.29) is 12.3 Å². The number of carbonyl (C=O) groups excluding carboxylic acids is 2. The number of halogens is 3. The fourth-order valence-corrected chi connectivity index (χ4v) is 4.95. The molecule has 38 heavy (non-hydrogen) atoms. The van der Waals surface area contributed by atoms with E-state index in [2.05, 4.69) is 10.2 Å². The van der Waals surface area contributed by atoms with Crippen molar-refractivity contribution >= 4 is 17.5 Å². The van der Waals surface area contributed by atoms with Crippen LogP contribution in [-0.2, 0) is 9.59 Å². The summed E-state index contributed by atoms with van der Waals surface area (Å²) in [5, 5.41) is 3.38. The van der Waals surface area contributed by atoms with Gasteiger partial charge in [-0.05, 0) is 25.5 Å². The summed E-state index contributed by atoms with van der Waals surface area (Å²) < 4.78 is 46.2. The first kappa shape index (κ1) is 27.4. The highest BCUT2D eigenvalue weighted by Crippen LogP contribution is 2.40. The Hall–Kier alpha value is -3.63. The lowest BCUT2D eigenvalue weighted by molar-refractivity contribution is -0.135. The molecule has 1 aromatic rings. The predicted molar refractivity (Wildman–Crippen MR) is 136 cm³/mol. The highest BCUT2D eigenvalue weighted by molar-refractivity contribution is 6.00. The van der Waals surface area contributed by atoms with Crippen LogP contribution in [0.2, 0.25) is 0 Å². The zero-order chi connectivity index (χ0) is 27.3. The molecule has 1 aromatic carbocycles. The van der Waals surface area contributed by atoms with Gasteiger partial charge in [0.15, 0.2) is 0 Å². The Bertz CT molecular complexity index is 1140. The van der Waals surface area contributed by atoms with E-state index in [0.717, 1.165) is 22.8 Å². The molecule has 3 aliphatic heterocycles. The van der Waals surface area contributed by atoms with Gasteiger partial charge in [0.1, 0.15) is 17.4 Å². The molecule has 4 rings (SSSR count). The summed E-state index contributed by atoms with van der Waals surface area (Å²) in [6.45, 7) is 3.80. The summed E-state index contributed by atoms with van der Waals surface area (Å²) in [6, 6.07) is 6.89. The number of nitroso groups, excluding NO2 is 1. The number of carbonyl (C=O) groups is 2. The maximum Gasteiger partial charge on any atom is 0.416 e. The molecule has 0 bridgehead atoms. The van der Waals surface area contributed by atoms with Crippen molar-refractivity contribution < 1.29 is 27.5 Å². The molecule has 0 saturated carbocycles. The van der Waals surface area contributed by atoms with E-state index in [1.807, 2.05) is 24.3 Å². The Kier molecular flexibility index (Phi) is 8.23. The fraction of sp³-hybridized carbons (Fsp3) is 0.481. The van der Waals surface area contributed by atoms with E-state index >= 15 is 0 Å². The van der Waals surface area contributed by atoms with Crippen LogP contribution in [0.4, 0.5) is 18.9 Å². The molecule has 1 unspecified atom stereocenters. The van der Waals surface area contributed by atoms with Crippen molar-refractivity contribution in [3.8, 4) is 5.75 Å². The number of hydrogen-bond acceptors (Lipinski definition) is 6. The summed E-state index contributed by atoms with van der Waals surface area (Å²) >= 11 is 0. The summed E-state index contributed by atoms with van der Waals surface area (Å²) in [5.74, 6) is 0.103. The number of benzene rings is 1. The smallest absolute Gasteiger partial charge is 0.416 e. The Morgan fingerprint density at radius 3 is 2.55 bits per heavy atom. The van der Waals surface area contributed by atoms with Gasteiger partial charge < -0.3 is 14.5 Å². The number of nitrogens with zero attached hydrogens (tertiary/aromatic N) is 4. The van der Waals surface area contributed by atoms with Crippen molar-refractivity contribution in [1.82, 2.24) is 9.91 Å². The zero-order valence-corrected chi connectivity index (χ0v) is 21.2. The van der Waals surface area contributed by atoms with Crippen LogP contribution in [0.15, 0.2) is 65.5 Å². The number of hydrogen-bond donors (Lipinski definition) is 0. The molecule has 11 heteroatoms. The number of ether oxygens (including phenoxy) is 1. The molecule has 1 atom stereocenters. The molecule has 3 aliphatic rings. The van der Waals surface area contributed by atoms with Gasteiger partial charge in [-0.15, -0.1) is 4.91 Å². The molecule has 2 amide bonds. The minimum Gasteiger partial charge on any atom is -0.485 e. The van der Waals surface area contributed by atoms with E-state index in [9.17, 15) is 27.7 Å². The van der Waals surface area contributed by atoms with Crippen molar-refractivity contribution in [3.05, 3.63) is 65.1 Å². The maximum atomic E-state index is 13.2. The van der Waals surface area contributed by atoms with Gasteiger partial charge in [-0.3, -0.25) is 9.59 Å². The van der Waals surface area contributed by atoms with Crippen LogP contribution < -0.4 is 9.64 Å². The van der Waals surface area contributed by atoms with Crippen LogP contribution in [0, 0.1) is 4.91 Å². The summed E-state index contributed by atoms with van der Waals surface area (Å²) in [7, 11) is 0. The van der Waals surface area contributed by atoms with Gasteiger partial charge in [0, 0.05) is 45.4 Å². The number of amides is 2. The molecule has 2 fully saturated rings. The predicted octanol–water partition coefficient (Wildman–Crippen LogP) is 4.93. The number of alkyl halides is 3. The van der Waals surface area contributed by atoms with E-state index in [1.165, 1.54) is 6.08 Å². The molecule has 1 spiro atoms. The molecule has 8 nitrogen and oxygen atoms in total. The van der Waals surface area contributed by atoms with Crippen molar-refractivity contribution in [3.63, 3.8) is 0 Å². The second-order valence-corrected chi connectivity index (χ2v) is 9.69. The van der Waals surface area contributed by atoms with E-state index in [0.29, 0.717) is 57.6 Å². The first-order valence-corrected chi connectivity index (χ1v) is 12.7. The van der Waals surface area contributed by atoms with Crippen molar-refractivity contribution in [2.24, 2.45) is 5.29 Å². The molecular weight excluding hydrogens is 501 g/mol. The quantitative estimate of drug-likeness (QED) is 0.269. The largest absolute Gasteiger partial charge is 0.485 e. The Morgan fingerprint density at radius 1 is 1.18 bits per heavy atom. The third-order valence-electron chi connectivity index (χ3n) is 7.25. The SMILES string of the molecule is C\C=C/C=C(\C=C\CCN1CCC2(CCN(C(=O)CC3C(=O)N3N=O)CC2)Oc2ccccc21)C(F)(F)F. The summed E-state index contributed by atoms with van der Waals surface area (Å²) in [5.41, 5.74) is -0.274. The minimum absolute atomic E-state index is 0.0530. The zero-order valence-electron chi connectivity index (χ0n) is 21.2. The molecule has 0 aromatic heterocycles. The van der Waals surface area contributed by atoms with Crippen LogP contribution in [-0.4, -0.2) is 65.7 Å².